The van der Waals surface area contributed by atoms with E-state index in [1.165, 1.54) is 12.8 Å². The van der Waals surface area contributed by atoms with Gasteiger partial charge in [0.05, 0.1) is 6.61 Å². The SMILES string of the molecule is CCCCNC1(C)CCOC1. The summed E-state index contributed by atoms with van der Waals surface area (Å²) in [7, 11) is 0. The third-order valence-electron chi connectivity index (χ3n) is 2.30. The Bertz CT molecular complexity index is 108. The number of rotatable bonds is 4. The Morgan fingerprint density at radius 3 is 2.91 bits per heavy atom. The molecule has 1 fully saturated rings. The van der Waals surface area contributed by atoms with Crippen LogP contribution in [0.25, 0.3) is 0 Å². The molecule has 66 valence electrons. The van der Waals surface area contributed by atoms with Crippen LogP contribution in [0.4, 0.5) is 0 Å². The van der Waals surface area contributed by atoms with Crippen LogP contribution in [0.1, 0.15) is 33.1 Å². The minimum atomic E-state index is 0.273. The van der Waals surface area contributed by atoms with E-state index in [0.717, 1.165) is 26.2 Å². The summed E-state index contributed by atoms with van der Waals surface area (Å²) in [6, 6.07) is 0. The molecule has 0 radical (unpaired) electrons. The van der Waals surface area contributed by atoms with Crippen LogP contribution in [0.2, 0.25) is 0 Å². The maximum atomic E-state index is 5.33. The molecule has 1 aliphatic heterocycles. The summed E-state index contributed by atoms with van der Waals surface area (Å²) in [4.78, 5) is 0. The zero-order valence-corrected chi connectivity index (χ0v) is 7.65. The monoisotopic (exact) mass is 157 g/mol. The Morgan fingerprint density at radius 2 is 2.36 bits per heavy atom. The van der Waals surface area contributed by atoms with Crippen molar-refractivity contribution in [2.45, 2.75) is 38.6 Å². The number of unbranched alkanes of at least 4 members (excludes halogenated alkanes) is 1. The highest BCUT2D eigenvalue weighted by Gasteiger charge is 2.28. The number of nitrogens with one attached hydrogen (secondary N) is 1. The first-order valence-electron chi connectivity index (χ1n) is 4.60. The lowest BCUT2D eigenvalue weighted by Crippen LogP contribution is -2.43. The van der Waals surface area contributed by atoms with Gasteiger partial charge in [0.2, 0.25) is 0 Å². The molecule has 0 saturated carbocycles. The molecule has 1 aliphatic rings. The molecule has 0 spiro atoms. The highest BCUT2D eigenvalue weighted by Crippen LogP contribution is 2.16. The Morgan fingerprint density at radius 1 is 1.55 bits per heavy atom. The van der Waals surface area contributed by atoms with Gasteiger partial charge in [0.25, 0.3) is 0 Å². The quantitative estimate of drug-likeness (QED) is 0.625. The van der Waals surface area contributed by atoms with Gasteiger partial charge in [-0.15, -0.1) is 0 Å². The highest BCUT2D eigenvalue weighted by atomic mass is 16.5. The first kappa shape index (κ1) is 9.01. The van der Waals surface area contributed by atoms with Crippen LogP contribution in [-0.4, -0.2) is 25.3 Å². The Hall–Kier alpha value is -0.0800. The number of hydrogen-bond donors (Lipinski definition) is 1. The molecule has 2 nitrogen and oxygen atoms in total. The van der Waals surface area contributed by atoms with Crippen molar-refractivity contribution in [2.24, 2.45) is 0 Å². The molecule has 0 aromatic carbocycles. The predicted molar refractivity (Wildman–Crippen MR) is 46.8 cm³/mol. The summed E-state index contributed by atoms with van der Waals surface area (Å²) in [5, 5.41) is 3.53. The number of ether oxygens (including phenoxy) is 1. The molecular weight excluding hydrogens is 138 g/mol. The second kappa shape index (κ2) is 4.07. The van der Waals surface area contributed by atoms with E-state index in [1.54, 1.807) is 0 Å². The zero-order valence-electron chi connectivity index (χ0n) is 7.65. The van der Waals surface area contributed by atoms with Crippen molar-refractivity contribution < 1.29 is 4.74 Å². The first-order chi connectivity index (χ1) is 5.27. The Kier molecular flexibility index (Phi) is 3.34. The smallest absolute Gasteiger partial charge is 0.0646 e. The summed E-state index contributed by atoms with van der Waals surface area (Å²) in [6.45, 7) is 7.41. The molecule has 1 rings (SSSR count). The van der Waals surface area contributed by atoms with E-state index in [4.69, 9.17) is 4.74 Å². The molecule has 0 bridgehead atoms. The molecule has 1 saturated heterocycles. The predicted octanol–water partition coefficient (Wildman–Crippen LogP) is 1.56. The molecule has 0 aromatic heterocycles. The molecule has 2 heteroatoms. The van der Waals surface area contributed by atoms with Gasteiger partial charge in [-0.25, -0.2) is 0 Å². The molecule has 1 N–H and O–H groups in total. The zero-order chi connectivity index (χ0) is 8.16. The largest absolute Gasteiger partial charge is 0.379 e. The van der Waals surface area contributed by atoms with Gasteiger partial charge in [-0.1, -0.05) is 13.3 Å². The van der Waals surface area contributed by atoms with Gasteiger partial charge in [0.1, 0.15) is 0 Å². The topological polar surface area (TPSA) is 21.3 Å². The fourth-order valence-electron chi connectivity index (χ4n) is 1.37. The van der Waals surface area contributed by atoms with Crippen molar-refractivity contribution in [2.75, 3.05) is 19.8 Å². The van der Waals surface area contributed by atoms with Crippen LogP contribution in [0, 0.1) is 0 Å². The minimum absolute atomic E-state index is 0.273. The maximum absolute atomic E-state index is 5.33. The van der Waals surface area contributed by atoms with Gasteiger partial charge >= 0.3 is 0 Å². The summed E-state index contributed by atoms with van der Waals surface area (Å²) in [5.74, 6) is 0. The van der Waals surface area contributed by atoms with Crippen LogP contribution in [-0.2, 0) is 4.74 Å². The summed E-state index contributed by atoms with van der Waals surface area (Å²) >= 11 is 0. The van der Waals surface area contributed by atoms with E-state index >= 15 is 0 Å². The van der Waals surface area contributed by atoms with Gasteiger partial charge in [0, 0.05) is 12.1 Å². The molecular formula is C9H19NO. The van der Waals surface area contributed by atoms with Crippen LogP contribution in [0.3, 0.4) is 0 Å². The van der Waals surface area contributed by atoms with Gasteiger partial charge in [0.15, 0.2) is 0 Å². The van der Waals surface area contributed by atoms with Crippen LogP contribution in [0.5, 0.6) is 0 Å². The normalized spacial score (nSPS) is 31.1. The van der Waals surface area contributed by atoms with E-state index in [2.05, 4.69) is 19.2 Å². The van der Waals surface area contributed by atoms with Gasteiger partial charge in [-0.2, -0.15) is 0 Å². The van der Waals surface area contributed by atoms with Crippen LogP contribution in [0.15, 0.2) is 0 Å². The maximum Gasteiger partial charge on any atom is 0.0646 e. The third-order valence-corrected chi connectivity index (χ3v) is 2.30. The van der Waals surface area contributed by atoms with Crippen molar-refractivity contribution in [3.8, 4) is 0 Å². The van der Waals surface area contributed by atoms with E-state index in [9.17, 15) is 0 Å². The minimum Gasteiger partial charge on any atom is -0.379 e. The molecule has 0 aliphatic carbocycles. The lowest BCUT2D eigenvalue weighted by molar-refractivity contribution is 0.171. The summed E-state index contributed by atoms with van der Waals surface area (Å²) in [6.07, 6.45) is 3.70. The van der Waals surface area contributed by atoms with Crippen LogP contribution >= 0.6 is 0 Å². The van der Waals surface area contributed by atoms with E-state index in [-0.39, 0.29) is 5.54 Å². The van der Waals surface area contributed by atoms with Crippen molar-refractivity contribution in [3.63, 3.8) is 0 Å². The molecule has 1 heterocycles. The van der Waals surface area contributed by atoms with Crippen molar-refractivity contribution in [1.82, 2.24) is 5.32 Å². The molecule has 1 unspecified atom stereocenters. The van der Waals surface area contributed by atoms with Crippen molar-refractivity contribution in [1.29, 1.82) is 0 Å². The standard InChI is InChI=1S/C9H19NO/c1-3-4-6-10-9(2)5-7-11-8-9/h10H,3-8H2,1-2H3. The van der Waals surface area contributed by atoms with Gasteiger partial charge < -0.3 is 10.1 Å². The average molecular weight is 157 g/mol. The highest BCUT2D eigenvalue weighted by molar-refractivity contribution is 4.86. The molecule has 1 atom stereocenters. The van der Waals surface area contributed by atoms with Crippen molar-refractivity contribution >= 4 is 0 Å². The summed E-state index contributed by atoms with van der Waals surface area (Å²) < 4.78 is 5.33. The van der Waals surface area contributed by atoms with Crippen LogP contribution < -0.4 is 5.32 Å². The fraction of sp³-hybridized carbons (Fsp3) is 1.00. The second-order valence-corrected chi connectivity index (χ2v) is 3.64. The second-order valence-electron chi connectivity index (χ2n) is 3.64. The van der Waals surface area contributed by atoms with Gasteiger partial charge in [-0.05, 0) is 26.3 Å². The Labute approximate surface area is 69.3 Å². The van der Waals surface area contributed by atoms with Gasteiger partial charge in [-0.3, -0.25) is 0 Å². The number of hydrogen-bond acceptors (Lipinski definition) is 2. The van der Waals surface area contributed by atoms with Crippen molar-refractivity contribution in [3.05, 3.63) is 0 Å². The molecule has 0 amide bonds. The first-order valence-corrected chi connectivity index (χ1v) is 4.60. The third kappa shape index (κ3) is 2.80. The molecule has 11 heavy (non-hydrogen) atoms. The van der Waals surface area contributed by atoms with E-state index < -0.39 is 0 Å². The fourth-order valence-corrected chi connectivity index (χ4v) is 1.37. The average Bonchev–Trinajstić information content (AvgIpc) is 2.38. The van der Waals surface area contributed by atoms with E-state index in [1.807, 2.05) is 0 Å². The lowest BCUT2D eigenvalue weighted by atomic mass is 10.0. The Balaban J connectivity index is 2.13. The summed E-state index contributed by atoms with van der Waals surface area (Å²) in [5.41, 5.74) is 0.273. The molecule has 0 aromatic rings. The van der Waals surface area contributed by atoms with E-state index in [0.29, 0.717) is 0 Å². The lowest BCUT2D eigenvalue weighted by Gasteiger charge is -2.23.